The van der Waals surface area contributed by atoms with Crippen LogP contribution in [0, 0.1) is 5.92 Å². The van der Waals surface area contributed by atoms with E-state index < -0.39 is 0 Å². The predicted molar refractivity (Wildman–Crippen MR) is 77.1 cm³/mol. The summed E-state index contributed by atoms with van der Waals surface area (Å²) in [5.74, 6) is 0.930. The summed E-state index contributed by atoms with van der Waals surface area (Å²) in [6, 6.07) is 8.60. The minimum absolute atomic E-state index is 0.0641. The molecule has 3 nitrogen and oxygen atoms in total. The summed E-state index contributed by atoms with van der Waals surface area (Å²) in [7, 11) is 0. The Balaban J connectivity index is 1.60. The van der Waals surface area contributed by atoms with Gasteiger partial charge in [0, 0.05) is 11.7 Å². The molecule has 1 fully saturated rings. The van der Waals surface area contributed by atoms with Crippen molar-refractivity contribution in [3.05, 3.63) is 29.8 Å². The maximum Gasteiger partial charge on any atom is 0.242 e. The monoisotopic (exact) mass is 258 g/mol. The van der Waals surface area contributed by atoms with Crippen LogP contribution in [0.1, 0.15) is 38.2 Å². The Bertz CT molecular complexity index is 472. The number of amides is 1. The number of aryl methyl sites for hydroxylation is 1. The van der Waals surface area contributed by atoms with E-state index in [1.807, 2.05) is 6.07 Å². The van der Waals surface area contributed by atoms with Crippen LogP contribution in [-0.2, 0) is 11.2 Å². The fourth-order valence-electron chi connectivity index (χ4n) is 3.28. The van der Waals surface area contributed by atoms with E-state index in [4.69, 9.17) is 0 Å². The van der Waals surface area contributed by atoms with Crippen molar-refractivity contribution in [2.45, 2.75) is 51.1 Å². The lowest BCUT2D eigenvalue weighted by Crippen LogP contribution is -2.45. The summed E-state index contributed by atoms with van der Waals surface area (Å²) in [6.07, 6.45) is 5.39. The molecule has 1 aromatic carbocycles. The average molecular weight is 258 g/mol. The second kappa shape index (κ2) is 5.24. The first kappa shape index (κ1) is 12.5. The lowest BCUT2D eigenvalue weighted by molar-refractivity contribution is -0.122. The number of carbonyl (C=O) groups is 1. The Hall–Kier alpha value is -1.51. The van der Waals surface area contributed by atoms with Crippen LogP contribution in [-0.4, -0.2) is 18.0 Å². The number of carbonyl (C=O) groups excluding carboxylic acids is 1. The standard InChI is InChI=1S/C16H22N2O/c1-11-6-8-13(10-11)17-16(19)15-9-7-12-4-2-3-5-14(12)18-15/h2-5,11,13,15,18H,6-10H2,1H3,(H,17,19). The molecule has 0 aromatic heterocycles. The first-order chi connectivity index (χ1) is 9.22. The summed E-state index contributed by atoms with van der Waals surface area (Å²) in [5, 5.41) is 6.58. The van der Waals surface area contributed by atoms with E-state index in [9.17, 15) is 4.79 Å². The molecule has 3 heteroatoms. The molecule has 102 valence electrons. The molecule has 3 rings (SSSR count). The number of nitrogens with one attached hydrogen (secondary N) is 2. The molecule has 3 atom stereocenters. The lowest BCUT2D eigenvalue weighted by Gasteiger charge is -2.27. The van der Waals surface area contributed by atoms with Gasteiger partial charge in [-0.1, -0.05) is 25.1 Å². The second-order valence-corrected chi connectivity index (χ2v) is 6.02. The fourth-order valence-corrected chi connectivity index (χ4v) is 3.28. The van der Waals surface area contributed by atoms with E-state index in [0.29, 0.717) is 6.04 Å². The third kappa shape index (κ3) is 2.75. The summed E-state index contributed by atoms with van der Waals surface area (Å²) in [5.41, 5.74) is 2.44. The molecule has 2 aliphatic rings. The zero-order chi connectivity index (χ0) is 13.2. The van der Waals surface area contributed by atoms with E-state index >= 15 is 0 Å². The van der Waals surface area contributed by atoms with Gasteiger partial charge in [-0.05, 0) is 49.7 Å². The Labute approximate surface area is 114 Å². The highest BCUT2D eigenvalue weighted by atomic mass is 16.2. The van der Waals surface area contributed by atoms with Crippen LogP contribution in [0.3, 0.4) is 0 Å². The molecule has 19 heavy (non-hydrogen) atoms. The van der Waals surface area contributed by atoms with Crippen LogP contribution < -0.4 is 10.6 Å². The Morgan fingerprint density at radius 1 is 1.26 bits per heavy atom. The normalized spacial score (nSPS) is 29.4. The largest absolute Gasteiger partial charge is 0.373 e. The van der Waals surface area contributed by atoms with Gasteiger partial charge < -0.3 is 10.6 Å². The molecule has 0 saturated heterocycles. The van der Waals surface area contributed by atoms with Crippen molar-refractivity contribution in [1.29, 1.82) is 0 Å². The zero-order valence-corrected chi connectivity index (χ0v) is 11.5. The number of hydrogen-bond donors (Lipinski definition) is 2. The minimum Gasteiger partial charge on any atom is -0.373 e. The Kier molecular flexibility index (Phi) is 3.45. The van der Waals surface area contributed by atoms with Crippen LogP contribution in [0.25, 0.3) is 0 Å². The number of para-hydroxylation sites is 1. The highest BCUT2D eigenvalue weighted by Gasteiger charge is 2.28. The number of hydrogen-bond acceptors (Lipinski definition) is 2. The predicted octanol–water partition coefficient (Wildman–Crippen LogP) is 2.72. The third-order valence-electron chi connectivity index (χ3n) is 4.41. The SMILES string of the molecule is CC1CCC(NC(=O)C2CCc3ccccc3N2)C1. The molecule has 1 amide bonds. The van der Waals surface area contributed by atoms with E-state index in [2.05, 4.69) is 35.8 Å². The molecule has 1 aliphatic heterocycles. The third-order valence-corrected chi connectivity index (χ3v) is 4.41. The molecule has 0 spiro atoms. The molecule has 3 unspecified atom stereocenters. The molecule has 2 N–H and O–H groups in total. The van der Waals surface area contributed by atoms with Crippen molar-refractivity contribution in [3.8, 4) is 0 Å². The topological polar surface area (TPSA) is 41.1 Å². The van der Waals surface area contributed by atoms with Gasteiger partial charge in [0.25, 0.3) is 0 Å². The number of rotatable bonds is 2. The van der Waals surface area contributed by atoms with Crippen LogP contribution >= 0.6 is 0 Å². The molecular formula is C16H22N2O. The smallest absolute Gasteiger partial charge is 0.242 e. The molecule has 1 saturated carbocycles. The van der Waals surface area contributed by atoms with Gasteiger partial charge in [-0.2, -0.15) is 0 Å². The fraction of sp³-hybridized carbons (Fsp3) is 0.562. The van der Waals surface area contributed by atoms with Gasteiger partial charge in [0.05, 0.1) is 0 Å². The van der Waals surface area contributed by atoms with Crippen molar-refractivity contribution in [1.82, 2.24) is 5.32 Å². The van der Waals surface area contributed by atoms with E-state index in [1.54, 1.807) is 0 Å². The van der Waals surface area contributed by atoms with E-state index in [0.717, 1.165) is 37.3 Å². The van der Waals surface area contributed by atoms with Gasteiger partial charge in [0.1, 0.15) is 6.04 Å². The van der Waals surface area contributed by atoms with Crippen molar-refractivity contribution >= 4 is 11.6 Å². The Morgan fingerprint density at radius 3 is 2.89 bits per heavy atom. The molecule has 0 radical (unpaired) electrons. The van der Waals surface area contributed by atoms with Crippen molar-refractivity contribution in [3.63, 3.8) is 0 Å². The number of fused-ring (bicyclic) bond motifs is 1. The van der Waals surface area contributed by atoms with Gasteiger partial charge in [-0.25, -0.2) is 0 Å². The molecule has 0 bridgehead atoms. The van der Waals surface area contributed by atoms with E-state index in [1.165, 1.54) is 12.0 Å². The highest BCUT2D eigenvalue weighted by Crippen LogP contribution is 2.26. The van der Waals surface area contributed by atoms with Crippen molar-refractivity contribution in [2.75, 3.05) is 5.32 Å². The maximum atomic E-state index is 12.3. The van der Waals surface area contributed by atoms with Crippen LogP contribution in [0.2, 0.25) is 0 Å². The summed E-state index contributed by atoms with van der Waals surface area (Å²) < 4.78 is 0. The second-order valence-electron chi connectivity index (χ2n) is 6.02. The maximum absolute atomic E-state index is 12.3. The van der Waals surface area contributed by atoms with Crippen molar-refractivity contribution in [2.24, 2.45) is 5.92 Å². The van der Waals surface area contributed by atoms with E-state index in [-0.39, 0.29) is 11.9 Å². The average Bonchev–Trinajstić information content (AvgIpc) is 2.83. The summed E-state index contributed by atoms with van der Waals surface area (Å²) in [6.45, 7) is 2.27. The summed E-state index contributed by atoms with van der Waals surface area (Å²) >= 11 is 0. The number of anilines is 1. The molecule has 1 aliphatic carbocycles. The highest BCUT2D eigenvalue weighted by molar-refractivity contribution is 5.85. The minimum atomic E-state index is -0.0641. The quantitative estimate of drug-likeness (QED) is 0.856. The summed E-state index contributed by atoms with van der Waals surface area (Å²) in [4.78, 5) is 12.3. The molecular weight excluding hydrogens is 236 g/mol. The first-order valence-corrected chi connectivity index (χ1v) is 7.37. The van der Waals surface area contributed by atoms with Gasteiger partial charge in [-0.3, -0.25) is 4.79 Å². The zero-order valence-electron chi connectivity index (χ0n) is 11.5. The van der Waals surface area contributed by atoms with Gasteiger partial charge in [-0.15, -0.1) is 0 Å². The van der Waals surface area contributed by atoms with Crippen LogP contribution in [0.4, 0.5) is 5.69 Å². The van der Waals surface area contributed by atoms with Crippen molar-refractivity contribution < 1.29 is 4.79 Å². The van der Waals surface area contributed by atoms with Gasteiger partial charge >= 0.3 is 0 Å². The Morgan fingerprint density at radius 2 is 2.11 bits per heavy atom. The van der Waals surface area contributed by atoms with Gasteiger partial charge in [0.2, 0.25) is 5.91 Å². The molecule has 1 aromatic rings. The van der Waals surface area contributed by atoms with Crippen LogP contribution in [0.15, 0.2) is 24.3 Å². The first-order valence-electron chi connectivity index (χ1n) is 7.37. The number of benzene rings is 1. The van der Waals surface area contributed by atoms with Gasteiger partial charge in [0.15, 0.2) is 0 Å². The lowest BCUT2D eigenvalue weighted by atomic mass is 9.97. The molecule has 1 heterocycles. The van der Waals surface area contributed by atoms with Crippen LogP contribution in [0.5, 0.6) is 0 Å².